The number of nitrogens with one attached hydrogen (secondary N) is 2. The second kappa shape index (κ2) is 10.2. The number of unbranched alkanes of at least 4 members (excludes halogenated alkanes) is 1. The molecule has 5 heteroatoms. The largest absolute Gasteiger partial charge is 0.382 e. The van der Waals surface area contributed by atoms with Crippen LogP contribution in [0.2, 0.25) is 0 Å². The minimum absolute atomic E-state index is 0.202. The molecule has 0 saturated heterocycles. The van der Waals surface area contributed by atoms with Crippen molar-refractivity contribution < 1.29 is 9.13 Å². The number of rotatable bonds is 8. The number of hydrogen-bond donors (Lipinski definition) is 2. The quantitative estimate of drug-likeness (QED) is 0.437. The van der Waals surface area contributed by atoms with E-state index in [0.717, 1.165) is 32.6 Å². The molecule has 20 heavy (non-hydrogen) atoms. The summed E-state index contributed by atoms with van der Waals surface area (Å²) in [6.45, 7) is 4.79. The summed E-state index contributed by atoms with van der Waals surface area (Å²) in [5.41, 5.74) is 0.631. The Hall–Kier alpha value is -1.62. The van der Waals surface area contributed by atoms with E-state index in [0.29, 0.717) is 18.1 Å². The SMILES string of the molecule is CCOCCCCNC(=NC)NCc1ccccc1F. The van der Waals surface area contributed by atoms with E-state index in [1.54, 1.807) is 19.2 Å². The van der Waals surface area contributed by atoms with Gasteiger partial charge in [0, 0.05) is 38.9 Å². The molecular formula is C15H24FN3O. The van der Waals surface area contributed by atoms with E-state index in [-0.39, 0.29) is 5.82 Å². The van der Waals surface area contributed by atoms with Gasteiger partial charge in [-0.3, -0.25) is 4.99 Å². The van der Waals surface area contributed by atoms with Crippen molar-refractivity contribution in [2.45, 2.75) is 26.3 Å². The highest BCUT2D eigenvalue weighted by Gasteiger charge is 2.02. The van der Waals surface area contributed by atoms with Gasteiger partial charge in [0.05, 0.1) is 0 Å². The smallest absolute Gasteiger partial charge is 0.191 e. The van der Waals surface area contributed by atoms with E-state index in [2.05, 4.69) is 15.6 Å². The molecule has 0 aliphatic carbocycles. The van der Waals surface area contributed by atoms with Gasteiger partial charge in [-0.05, 0) is 25.8 Å². The van der Waals surface area contributed by atoms with Crippen LogP contribution in [0.5, 0.6) is 0 Å². The minimum Gasteiger partial charge on any atom is -0.382 e. The Kier molecular flexibility index (Phi) is 8.38. The molecule has 0 aliphatic rings. The summed E-state index contributed by atoms with van der Waals surface area (Å²) in [5, 5.41) is 6.29. The van der Waals surface area contributed by atoms with Crippen molar-refractivity contribution in [3.8, 4) is 0 Å². The maximum Gasteiger partial charge on any atom is 0.191 e. The third-order valence-electron chi connectivity index (χ3n) is 2.84. The molecule has 0 spiro atoms. The molecule has 0 aliphatic heterocycles. The standard InChI is InChI=1S/C15H24FN3O/c1-3-20-11-7-6-10-18-15(17-2)19-12-13-8-4-5-9-14(13)16/h4-5,8-9H,3,6-7,10-12H2,1-2H3,(H2,17,18,19). The van der Waals surface area contributed by atoms with E-state index in [4.69, 9.17) is 4.74 Å². The molecule has 1 rings (SSSR count). The van der Waals surface area contributed by atoms with Crippen LogP contribution in [0.4, 0.5) is 4.39 Å². The van der Waals surface area contributed by atoms with Crippen LogP contribution >= 0.6 is 0 Å². The van der Waals surface area contributed by atoms with Gasteiger partial charge in [0.25, 0.3) is 0 Å². The van der Waals surface area contributed by atoms with E-state index in [9.17, 15) is 4.39 Å². The summed E-state index contributed by atoms with van der Waals surface area (Å²) in [5.74, 6) is 0.483. The van der Waals surface area contributed by atoms with Crippen molar-refractivity contribution >= 4 is 5.96 Å². The normalized spacial score (nSPS) is 11.4. The zero-order valence-corrected chi connectivity index (χ0v) is 12.3. The molecule has 0 heterocycles. The number of ether oxygens (including phenoxy) is 1. The zero-order chi connectivity index (χ0) is 14.6. The van der Waals surface area contributed by atoms with Crippen LogP contribution in [0.3, 0.4) is 0 Å². The Bertz CT molecular complexity index is 410. The number of nitrogens with zero attached hydrogens (tertiary/aromatic N) is 1. The van der Waals surface area contributed by atoms with Gasteiger partial charge in [-0.15, -0.1) is 0 Å². The van der Waals surface area contributed by atoms with E-state index < -0.39 is 0 Å². The van der Waals surface area contributed by atoms with Crippen molar-refractivity contribution in [2.24, 2.45) is 4.99 Å². The molecule has 1 aromatic carbocycles. The predicted molar refractivity (Wildman–Crippen MR) is 80.3 cm³/mol. The van der Waals surface area contributed by atoms with Gasteiger partial charge >= 0.3 is 0 Å². The lowest BCUT2D eigenvalue weighted by atomic mass is 10.2. The second-order valence-electron chi connectivity index (χ2n) is 4.35. The molecule has 2 N–H and O–H groups in total. The number of aliphatic imine (C=N–C) groups is 1. The monoisotopic (exact) mass is 281 g/mol. The number of halogens is 1. The second-order valence-corrected chi connectivity index (χ2v) is 4.35. The summed E-state index contributed by atoms with van der Waals surface area (Å²) < 4.78 is 18.7. The lowest BCUT2D eigenvalue weighted by Crippen LogP contribution is -2.37. The molecule has 0 unspecified atom stereocenters. The maximum absolute atomic E-state index is 13.5. The molecule has 0 bridgehead atoms. The van der Waals surface area contributed by atoms with Gasteiger partial charge in [0.15, 0.2) is 5.96 Å². The molecule has 0 radical (unpaired) electrons. The van der Waals surface area contributed by atoms with E-state index in [1.807, 2.05) is 13.0 Å². The van der Waals surface area contributed by atoms with Crippen molar-refractivity contribution in [1.29, 1.82) is 0 Å². The number of benzene rings is 1. The Labute approximate surface area is 120 Å². The first-order valence-electron chi connectivity index (χ1n) is 7.03. The predicted octanol–water partition coefficient (Wildman–Crippen LogP) is 2.31. The van der Waals surface area contributed by atoms with Gasteiger partial charge < -0.3 is 15.4 Å². The van der Waals surface area contributed by atoms with Gasteiger partial charge in [-0.1, -0.05) is 18.2 Å². The van der Waals surface area contributed by atoms with Crippen LogP contribution in [0.25, 0.3) is 0 Å². The van der Waals surface area contributed by atoms with Gasteiger partial charge in [-0.25, -0.2) is 4.39 Å². The van der Waals surface area contributed by atoms with Gasteiger partial charge in [-0.2, -0.15) is 0 Å². The fourth-order valence-electron chi connectivity index (χ4n) is 1.72. The zero-order valence-electron chi connectivity index (χ0n) is 12.3. The molecule has 0 amide bonds. The first kappa shape index (κ1) is 16.4. The Morgan fingerprint density at radius 1 is 1.25 bits per heavy atom. The van der Waals surface area contributed by atoms with Crippen LogP contribution in [0.15, 0.2) is 29.3 Å². The Balaban J connectivity index is 2.22. The van der Waals surface area contributed by atoms with Crippen molar-refractivity contribution in [3.63, 3.8) is 0 Å². The Morgan fingerprint density at radius 2 is 2.05 bits per heavy atom. The van der Waals surface area contributed by atoms with Crippen molar-refractivity contribution in [2.75, 3.05) is 26.8 Å². The minimum atomic E-state index is -0.202. The lowest BCUT2D eigenvalue weighted by molar-refractivity contribution is 0.143. The molecule has 0 aromatic heterocycles. The average Bonchev–Trinajstić information content (AvgIpc) is 2.47. The number of hydrogen-bond acceptors (Lipinski definition) is 2. The molecule has 0 atom stereocenters. The molecule has 0 fully saturated rings. The third-order valence-corrected chi connectivity index (χ3v) is 2.84. The molecule has 0 saturated carbocycles. The summed E-state index contributed by atoms with van der Waals surface area (Å²) >= 11 is 0. The lowest BCUT2D eigenvalue weighted by Gasteiger charge is -2.12. The van der Waals surface area contributed by atoms with Crippen LogP contribution in [-0.2, 0) is 11.3 Å². The van der Waals surface area contributed by atoms with Crippen LogP contribution in [-0.4, -0.2) is 32.8 Å². The molecule has 112 valence electrons. The average molecular weight is 281 g/mol. The third kappa shape index (κ3) is 6.52. The van der Waals surface area contributed by atoms with Gasteiger partial charge in [0.1, 0.15) is 5.82 Å². The summed E-state index contributed by atoms with van der Waals surface area (Å²) in [6, 6.07) is 6.73. The molecule has 4 nitrogen and oxygen atoms in total. The molecular weight excluding hydrogens is 257 g/mol. The van der Waals surface area contributed by atoms with Crippen LogP contribution in [0, 0.1) is 5.82 Å². The maximum atomic E-state index is 13.5. The fourth-order valence-corrected chi connectivity index (χ4v) is 1.72. The van der Waals surface area contributed by atoms with E-state index >= 15 is 0 Å². The highest BCUT2D eigenvalue weighted by Crippen LogP contribution is 2.05. The fraction of sp³-hybridized carbons (Fsp3) is 0.533. The van der Waals surface area contributed by atoms with Crippen molar-refractivity contribution in [1.82, 2.24) is 10.6 Å². The topological polar surface area (TPSA) is 45.6 Å². The summed E-state index contributed by atoms with van der Waals surface area (Å²) in [7, 11) is 1.71. The highest BCUT2D eigenvalue weighted by atomic mass is 19.1. The Morgan fingerprint density at radius 3 is 2.75 bits per heavy atom. The van der Waals surface area contributed by atoms with Crippen LogP contribution in [0.1, 0.15) is 25.3 Å². The van der Waals surface area contributed by atoms with Crippen molar-refractivity contribution in [3.05, 3.63) is 35.6 Å². The summed E-state index contributed by atoms with van der Waals surface area (Å²) in [4.78, 5) is 4.11. The first-order valence-corrected chi connectivity index (χ1v) is 7.03. The summed E-state index contributed by atoms with van der Waals surface area (Å²) in [6.07, 6.45) is 2.03. The van der Waals surface area contributed by atoms with Gasteiger partial charge in [0.2, 0.25) is 0 Å². The highest BCUT2D eigenvalue weighted by molar-refractivity contribution is 5.79. The van der Waals surface area contributed by atoms with E-state index in [1.165, 1.54) is 6.07 Å². The molecule has 1 aromatic rings. The first-order chi connectivity index (χ1) is 9.77. The number of guanidine groups is 1. The van der Waals surface area contributed by atoms with Crippen LogP contribution < -0.4 is 10.6 Å².